The van der Waals surface area contributed by atoms with Crippen LogP contribution in [0.15, 0.2) is 170 Å². The highest BCUT2D eigenvalue weighted by atomic mass is 32.1. The number of rotatable bonds is 3. The molecule has 5 heteroatoms. The molecule has 4 nitrogen and oxygen atoms in total. The zero-order chi connectivity index (χ0) is 36.0. The van der Waals surface area contributed by atoms with Gasteiger partial charge in [-0.05, 0) is 90.6 Å². The Hall–Kier alpha value is -7.08. The molecule has 9 aromatic carbocycles. The summed E-state index contributed by atoms with van der Waals surface area (Å²) in [6.07, 6.45) is 3.93. The fourth-order valence-electron chi connectivity index (χ4n) is 8.54. The van der Waals surface area contributed by atoms with Gasteiger partial charge in [0.15, 0.2) is 11.6 Å². The fourth-order valence-corrected chi connectivity index (χ4v) is 9.63. The van der Waals surface area contributed by atoms with Crippen molar-refractivity contribution in [3.63, 3.8) is 0 Å². The van der Waals surface area contributed by atoms with Crippen molar-refractivity contribution in [3.8, 4) is 33.9 Å². The Kier molecular flexibility index (Phi) is 6.47. The molecule has 0 aliphatic rings. The molecular formula is C50H28N4S. The number of hydrogen-bond acceptors (Lipinski definition) is 5. The van der Waals surface area contributed by atoms with Gasteiger partial charge in [0.1, 0.15) is 11.0 Å². The summed E-state index contributed by atoms with van der Waals surface area (Å²) >= 11 is 1.81. The minimum atomic E-state index is 0.662. The van der Waals surface area contributed by atoms with Crippen molar-refractivity contribution in [1.29, 1.82) is 0 Å². The van der Waals surface area contributed by atoms with Gasteiger partial charge in [-0.2, -0.15) is 0 Å². The van der Waals surface area contributed by atoms with E-state index >= 15 is 0 Å². The third-order valence-corrected chi connectivity index (χ3v) is 12.3. The average molecular weight is 717 g/mol. The number of fused-ring (bicyclic) bond motifs is 15. The van der Waals surface area contributed by atoms with Crippen molar-refractivity contribution >= 4 is 96.4 Å². The number of thiophene rings is 1. The maximum absolute atomic E-state index is 5.30. The predicted octanol–water partition coefficient (Wildman–Crippen LogP) is 13.6. The van der Waals surface area contributed by atoms with E-state index < -0.39 is 0 Å². The molecule has 0 aliphatic heterocycles. The van der Waals surface area contributed by atoms with Gasteiger partial charge in [-0.1, -0.05) is 121 Å². The lowest BCUT2D eigenvalue weighted by molar-refractivity contribution is 1.21. The van der Waals surface area contributed by atoms with Crippen LogP contribution in [0, 0.1) is 0 Å². The molecule has 0 unspecified atom stereocenters. The Bertz CT molecular complexity index is 3530. The quantitative estimate of drug-likeness (QED) is 0.171. The molecule has 0 saturated carbocycles. The first-order chi connectivity index (χ1) is 27.2. The van der Waals surface area contributed by atoms with Crippen LogP contribution >= 0.6 is 11.3 Å². The molecule has 12 aromatic rings. The summed E-state index contributed by atoms with van der Waals surface area (Å²) < 4.78 is 2.54. The normalized spacial score (nSPS) is 12.0. The van der Waals surface area contributed by atoms with Crippen LogP contribution in [0.5, 0.6) is 0 Å². The Morgan fingerprint density at radius 3 is 1.36 bits per heavy atom. The molecule has 0 bridgehead atoms. The van der Waals surface area contributed by atoms with Gasteiger partial charge < -0.3 is 0 Å². The SMILES string of the molecule is c1cc(-c2ccc3c4ccccc4c4ccccc4c3c2)cc(-c2ncc3c4ccccc4c4cnc(-c5ccc6sc7ccccc7c6c5)nc4c3n2)c1. The molecule has 0 aliphatic carbocycles. The number of hydrogen-bond donors (Lipinski definition) is 0. The molecule has 0 N–H and O–H groups in total. The minimum absolute atomic E-state index is 0.662. The molecule has 0 atom stereocenters. The monoisotopic (exact) mass is 716 g/mol. The van der Waals surface area contributed by atoms with E-state index in [4.69, 9.17) is 19.9 Å². The molecule has 0 amide bonds. The molecule has 12 rings (SSSR count). The summed E-state index contributed by atoms with van der Waals surface area (Å²) in [5.41, 5.74) is 5.84. The summed E-state index contributed by atoms with van der Waals surface area (Å²) in [6, 6.07) is 56.4. The maximum Gasteiger partial charge on any atom is 0.159 e. The highest BCUT2D eigenvalue weighted by molar-refractivity contribution is 7.25. The molecule has 0 radical (unpaired) electrons. The number of nitrogens with zero attached hydrogens (tertiary/aromatic N) is 4. The van der Waals surface area contributed by atoms with Crippen LogP contribution in [0.4, 0.5) is 0 Å². The summed E-state index contributed by atoms with van der Waals surface area (Å²) in [4.78, 5) is 20.5. The van der Waals surface area contributed by atoms with Gasteiger partial charge in [0.25, 0.3) is 0 Å². The van der Waals surface area contributed by atoms with Crippen LogP contribution < -0.4 is 0 Å². The molecule has 3 heterocycles. The third-order valence-electron chi connectivity index (χ3n) is 11.1. The summed E-state index contributed by atoms with van der Waals surface area (Å²) in [6.45, 7) is 0. The van der Waals surface area contributed by atoms with Crippen molar-refractivity contribution in [3.05, 3.63) is 170 Å². The minimum Gasteiger partial charge on any atom is -0.236 e. The van der Waals surface area contributed by atoms with E-state index in [0.29, 0.717) is 11.6 Å². The Morgan fingerprint density at radius 1 is 0.291 bits per heavy atom. The van der Waals surface area contributed by atoms with Crippen molar-refractivity contribution in [1.82, 2.24) is 19.9 Å². The standard InChI is InChI=1S/C50H28N4S/c1-2-14-35-33(12-1)34-13-3-4-15-36(34)41-25-30(20-22-39(35)41)29-10-9-11-31(24-29)49-51-27-43-37-16-5-6-17-38(37)44-28-52-50(54-48(44)47(43)53-49)32-21-23-46-42(26-32)40-18-7-8-19-45(40)55-46/h1-28H. The predicted molar refractivity (Wildman–Crippen MR) is 232 cm³/mol. The molecule has 254 valence electrons. The van der Waals surface area contributed by atoms with E-state index in [-0.39, 0.29) is 0 Å². The van der Waals surface area contributed by atoms with Gasteiger partial charge in [-0.15, -0.1) is 11.3 Å². The van der Waals surface area contributed by atoms with E-state index in [1.54, 1.807) is 0 Å². The first-order valence-electron chi connectivity index (χ1n) is 18.5. The first kappa shape index (κ1) is 30.4. The van der Waals surface area contributed by atoms with E-state index in [9.17, 15) is 0 Å². The second-order valence-corrected chi connectivity index (χ2v) is 15.3. The smallest absolute Gasteiger partial charge is 0.159 e. The number of benzene rings is 9. The van der Waals surface area contributed by atoms with E-state index in [1.807, 2.05) is 23.7 Å². The van der Waals surface area contributed by atoms with Gasteiger partial charge in [0.2, 0.25) is 0 Å². The Morgan fingerprint density at radius 2 is 0.727 bits per heavy atom. The van der Waals surface area contributed by atoms with Crippen molar-refractivity contribution < 1.29 is 0 Å². The lowest BCUT2D eigenvalue weighted by Gasteiger charge is -2.13. The summed E-state index contributed by atoms with van der Waals surface area (Å²) in [5.74, 6) is 1.34. The van der Waals surface area contributed by atoms with Gasteiger partial charge in [0.05, 0.1) is 0 Å². The van der Waals surface area contributed by atoms with E-state index in [0.717, 1.165) is 54.8 Å². The van der Waals surface area contributed by atoms with Crippen molar-refractivity contribution in [2.24, 2.45) is 0 Å². The average Bonchev–Trinajstić information content (AvgIpc) is 3.64. The van der Waals surface area contributed by atoms with Crippen molar-refractivity contribution in [2.75, 3.05) is 0 Å². The van der Waals surface area contributed by atoms with E-state index in [1.165, 1.54) is 52.5 Å². The Balaban J connectivity index is 1.03. The van der Waals surface area contributed by atoms with Crippen LogP contribution in [0.2, 0.25) is 0 Å². The second kappa shape index (κ2) is 11.7. The summed E-state index contributed by atoms with van der Waals surface area (Å²) in [5, 5.41) is 14.2. The van der Waals surface area contributed by atoms with Crippen LogP contribution in [0.1, 0.15) is 0 Å². The molecule has 0 fully saturated rings. The van der Waals surface area contributed by atoms with Gasteiger partial charge in [-0.3, -0.25) is 0 Å². The molecule has 55 heavy (non-hydrogen) atoms. The van der Waals surface area contributed by atoms with Crippen LogP contribution in [0.25, 0.3) is 119 Å². The van der Waals surface area contributed by atoms with Gasteiger partial charge >= 0.3 is 0 Å². The zero-order valence-electron chi connectivity index (χ0n) is 29.4. The first-order valence-corrected chi connectivity index (χ1v) is 19.3. The van der Waals surface area contributed by atoms with Crippen LogP contribution in [0.3, 0.4) is 0 Å². The van der Waals surface area contributed by atoms with Crippen LogP contribution in [-0.4, -0.2) is 19.9 Å². The largest absolute Gasteiger partial charge is 0.236 e. The third kappa shape index (κ3) is 4.64. The zero-order valence-corrected chi connectivity index (χ0v) is 30.2. The summed E-state index contributed by atoms with van der Waals surface area (Å²) in [7, 11) is 0. The topological polar surface area (TPSA) is 51.6 Å². The second-order valence-electron chi connectivity index (χ2n) is 14.2. The lowest BCUT2D eigenvalue weighted by atomic mass is 9.92. The van der Waals surface area contributed by atoms with Gasteiger partial charge in [0, 0.05) is 54.5 Å². The van der Waals surface area contributed by atoms with E-state index in [2.05, 4.69) is 158 Å². The highest BCUT2D eigenvalue weighted by Crippen LogP contribution is 2.40. The number of aromatic nitrogens is 4. The highest BCUT2D eigenvalue weighted by Gasteiger charge is 2.17. The molecule has 3 aromatic heterocycles. The van der Waals surface area contributed by atoms with Crippen molar-refractivity contribution in [2.45, 2.75) is 0 Å². The Labute approximate surface area is 319 Å². The maximum atomic E-state index is 5.30. The molecule has 0 spiro atoms. The van der Waals surface area contributed by atoms with Gasteiger partial charge in [-0.25, -0.2) is 19.9 Å². The van der Waals surface area contributed by atoms with Crippen LogP contribution in [-0.2, 0) is 0 Å². The molecule has 0 saturated heterocycles. The fraction of sp³-hybridized carbons (Fsp3) is 0. The molecular weight excluding hydrogens is 689 g/mol. The lowest BCUT2D eigenvalue weighted by Crippen LogP contribution is -1.96.